The summed E-state index contributed by atoms with van der Waals surface area (Å²) in [6.07, 6.45) is -2.24. The largest absolute Gasteiger partial charge is 0.444 e. The molecular formula is C28H29BrClF3N6O4. The Kier molecular flexibility index (Phi) is 7.11. The Labute approximate surface area is 257 Å². The van der Waals surface area contributed by atoms with Gasteiger partial charge in [-0.3, -0.25) is 9.59 Å². The minimum Gasteiger partial charge on any atom is -0.444 e. The number of benzene rings is 1. The highest BCUT2D eigenvalue weighted by Crippen LogP contribution is 2.61. The number of nitrogens with zero attached hydrogens (tertiary/aromatic N) is 5. The van der Waals surface area contributed by atoms with Crippen molar-refractivity contribution in [1.82, 2.24) is 24.1 Å². The molecule has 2 fully saturated rings. The number of alkyl halides is 3. The topological polar surface area (TPSA) is 111 Å². The van der Waals surface area contributed by atoms with Gasteiger partial charge >= 0.3 is 12.3 Å². The molecule has 1 N–H and O–H groups in total. The first-order valence-electron chi connectivity index (χ1n) is 13.9. The number of piperidine rings is 1. The van der Waals surface area contributed by atoms with Crippen LogP contribution >= 0.6 is 27.5 Å². The van der Waals surface area contributed by atoms with Crippen molar-refractivity contribution in [3.8, 4) is 0 Å². The van der Waals surface area contributed by atoms with Gasteiger partial charge in [-0.1, -0.05) is 11.6 Å². The number of rotatable bonds is 3. The predicted molar refractivity (Wildman–Crippen MR) is 154 cm³/mol. The molecule has 15 heteroatoms. The third-order valence-corrected chi connectivity index (χ3v) is 9.11. The molecule has 2 amide bonds. The number of anilines is 1. The van der Waals surface area contributed by atoms with Crippen LogP contribution in [0.5, 0.6) is 0 Å². The first kappa shape index (κ1) is 29.9. The van der Waals surface area contributed by atoms with Crippen molar-refractivity contribution < 1.29 is 27.5 Å². The van der Waals surface area contributed by atoms with E-state index in [0.29, 0.717) is 37.4 Å². The molecule has 0 bridgehead atoms. The average Bonchev–Trinajstić information content (AvgIpc) is 3.55. The number of aromatic nitrogens is 4. The third kappa shape index (κ3) is 5.52. The van der Waals surface area contributed by atoms with Crippen LogP contribution in [0, 0.1) is 5.92 Å². The number of hydrogen-bond acceptors (Lipinski definition) is 6. The Balaban J connectivity index is 1.35. The lowest BCUT2D eigenvalue weighted by atomic mass is 9.66. The van der Waals surface area contributed by atoms with Crippen LogP contribution in [0.3, 0.4) is 0 Å². The van der Waals surface area contributed by atoms with Gasteiger partial charge in [0.2, 0.25) is 16.4 Å². The Bertz CT molecular complexity index is 1710. The van der Waals surface area contributed by atoms with Gasteiger partial charge in [-0.2, -0.15) is 22.7 Å². The lowest BCUT2D eigenvalue weighted by molar-refractivity contribution is -0.137. The molecule has 3 aliphatic rings. The normalized spacial score (nSPS) is 21.0. The molecule has 1 aliphatic heterocycles. The fraction of sp³-hybridized carbons (Fsp3) is 0.536. The maximum absolute atomic E-state index is 14.0. The molecule has 1 aromatic carbocycles. The van der Waals surface area contributed by atoms with E-state index in [1.165, 1.54) is 4.52 Å². The number of fused-ring (bicyclic) bond motifs is 5. The minimum atomic E-state index is -4.58. The van der Waals surface area contributed by atoms with Crippen molar-refractivity contribution in [3.05, 3.63) is 55.1 Å². The number of hydrogen-bond donors (Lipinski definition) is 1. The highest BCUT2D eigenvalue weighted by atomic mass is 79.9. The molecule has 2 unspecified atom stereocenters. The molecule has 3 aromatic rings. The van der Waals surface area contributed by atoms with Crippen molar-refractivity contribution >= 4 is 51.0 Å². The molecule has 43 heavy (non-hydrogen) atoms. The number of carbonyl (C=O) groups excluding carboxylic acids is 2. The van der Waals surface area contributed by atoms with Crippen LogP contribution in [0.1, 0.15) is 69.2 Å². The van der Waals surface area contributed by atoms with Crippen LogP contribution in [-0.2, 0) is 27.7 Å². The zero-order valence-corrected chi connectivity index (χ0v) is 25.9. The number of halogens is 5. The van der Waals surface area contributed by atoms with Crippen LogP contribution < -0.4 is 10.9 Å². The summed E-state index contributed by atoms with van der Waals surface area (Å²) in [5.74, 6) is -0.00381. The van der Waals surface area contributed by atoms with Gasteiger partial charge < -0.3 is 19.5 Å². The Hall–Kier alpha value is -3.13. The predicted octanol–water partition coefficient (Wildman–Crippen LogP) is 5.74. The van der Waals surface area contributed by atoms with Gasteiger partial charge in [0.1, 0.15) is 12.1 Å². The van der Waals surface area contributed by atoms with Gasteiger partial charge in [-0.15, -0.1) is 5.10 Å². The van der Waals surface area contributed by atoms with E-state index < -0.39 is 34.8 Å². The molecule has 0 radical (unpaired) electrons. The summed E-state index contributed by atoms with van der Waals surface area (Å²) < 4.78 is 47.9. The van der Waals surface area contributed by atoms with Gasteiger partial charge in [0.25, 0.3) is 5.56 Å². The van der Waals surface area contributed by atoms with Crippen molar-refractivity contribution in [2.45, 2.75) is 76.1 Å². The fourth-order valence-corrected chi connectivity index (χ4v) is 7.07. The standard InChI is InChI=1S/C28H29BrClF3N6O4/c1-26(2,3)43-25(42)37-8-6-27(7-9-37)12-14-10-16(14)21-20(27)22(41)39-24(35-23(29)36-39)38(21)13-19(40)34-18-5-4-15(11-17(18)30)28(31,32)33/h4-5,11,14,16H,6-10,12-13H2,1-3H3,(H,34,40). The van der Waals surface area contributed by atoms with E-state index in [9.17, 15) is 27.6 Å². The van der Waals surface area contributed by atoms with Crippen LogP contribution in [0.25, 0.3) is 5.78 Å². The quantitative estimate of drug-likeness (QED) is 0.377. The van der Waals surface area contributed by atoms with E-state index in [0.717, 1.165) is 36.7 Å². The summed E-state index contributed by atoms with van der Waals surface area (Å²) >= 11 is 9.33. The van der Waals surface area contributed by atoms with Crippen LogP contribution in [-0.4, -0.2) is 54.8 Å². The molecule has 3 heterocycles. The van der Waals surface area contributed by atoms with E-state index in [-0.39, 0.29) is 39.2 Å². The SMILES string of the molecule is CC(C)(C)OC(=O)N1CCC2(CC1)CC1CC1c1c2c(=O)n2nc(Br)nc2n1CC(=O)Nc1ccc(C(F)(F)F)cc1Cl. The van der Waals surface area contributed by atoms with Crippen molar-refractivity contribution in [3.63, 3.8) is 0 Å². The number of ether oxygens (including phenoxy) is 1. The summed E-state index contributed by atoms with van der Waals surface area (Å²) in [4.78, 5) is 46.2. The lowest BCUT2D eigenvalue weighted by Gasteiger charge is -2.45. The highest BCUT2D eigenvalue weighted by molar-refractivity contribution is 9.10. The van der Waals surface area contributed by atoms with Crippen molar-refractivity contribution in [2.75, 3.05) is 18.4 Å². The van der Waals surface area contributed by atoms with E-state index in [1.54, 1.807) is 9.47 Å². The van der Waals surface area contributed by atoms with Crippen LogP contribution in [0.2, 0.25) is 5.02 Å². The second-order valence-electron chi connectivity index (χ2n) is 12.5. The summed E-state index contributed by atoms with van der Waals surface area (Å²) in [7, 11) is 0. The highest BCUT2D eigenvalue weighted by Gasteiger charge is 2.56. The smallest absolute Gasteiger partial charge is 0.416 e. The monoisotopic (exact) mass is 684 g/mol. The Morgan fingerprint density at radius 1 is 1.21 bits per heavy atom. The van der Waals surface area contributed by atoms with Gasteiger partial charge in [-0.25, -0.2) is 4.79 Å². The summed E-state index contributed by atoms with van der Waals surface area (Å²) in [5, 5.41) is 6.62. The first-order valence-corrected chi connectivity index (χ1v) is 15.1. The fourth-order valence-electron chi connectivity index (χ4n) is 6.52. The van der Waals surface area contributed by atoms with Crippen molar-refractivity contribution in [2.24, 2.45) is 5.92 Å². The maximum atomic E-state index is 14.0. The summed E-state index contributed by atoms with van der Waals surface area (Å²) in [5.41, 5.74) is -1.04. The van der Waals surface area contributed by atoms with Crippen LogP contribution in [0.4, 0.5) is 23.7 Å². The van der Waals surface area contributed by atoms with E-state index >= 15 is 0 Å². The maximum Gasteiger partial charge on any atom is 0.416 e. The van der Waals surface area contributed by atoms with E-state index in [2.05, 4.69) is 31.3 Å². The molecule has 230 valence electrons. The molecule has 1 spiro atoms. The molecule has 6 rings (SSSR count). The molecule has 1 saturated heterocycles. The van der Waals surface area contributed by atoms with Gasteiger partial charge in [0.05, 0.1) is 16.3 Å². The van der Waals surface area contributed by atoms with E-state index in [1.807, 2.05) is 20.8 Å². The lowest BCUT2D eigenvalue weighted by Crippen LogP contribution is -2.50. The molecule has 2 aliphatic carbocycles. The van der Waals surface area contributed by atoms with Gasteiger partial charge in [0.15, 0.2) is 0 Å². The first-order chi connectivity index (χ1) is 20.1. The number of nitrogens with one attached hydrogen (secondary N) is 1. The molecule has 2 atom stereocenters. The minimum absolute atomic E-state index is 0.0310. The zero-order valence-electron chi connectivity index (χ0n) is 23.6. The second-order valence-corrected chi connectivity index (χ2v) is 13.7. The summed E-state index contributed by atoms with van der Waals surface area (Å²) in [6, 6.07) is 2.71. The van der Waals surface area contributed by atoms with Gasteiger partial charge in [-0.05, 0) is 86.5 Å². The molecule has 10 nitrogen and oxygen atoms in total. The molecular weight excluding hydrogens is 657 g/mol. The van der Waals surface area contributed by atoms with Crippen molar-refractivity contribution in [1.29, 1.82) is 0 Å². The Morgan fingerprint density at radius 2 is 1.91 bits per heavy atom. The van der Waals surface area contributed by atoms with Gasteiger partial charge in [0, 0.05) is 35.7 Å². The zero-order chi connectivity index (χ0) is 31.1. The Morgan fingerprint density at radius 3 is 2.53 bits per heavy atom. The number of carbonyl (C=O) groups is 2. The molecule has 1 saturated carbocycles. The number of amides is 2. The van der Waals surface area contributed by atoms with Crippen LogP contribution in [0.15, 0.2) is 27.7 Å². The van der Waals surface area contributed by atoms with E-state index in [4.69, 9.17) is 16.3 Å². The molecule has 2 aromatic heterocycles. The number of likely N-dealkylation sites (tertiary alicyclic amines) is 1. The second kappa shape index (κ2) is 10.2. The average molecular weight is 686 g/mol. The summed E-state index contributed by atoms with van der Waals surface area (Å²) in [6.45, 7) is 6.00. The third-order valence-electron chi connectivity index (χ3n) is 8.46.